The molecule has 0 aromatic heterocycles. The van der Waals surface area contributed by atoms with Crippen LogP contribution in [0.4, 0.5) is 0 Å². The topological polar surface area (TPSA) is 237 Å². The first-order valence-electron chi connectivity index (χ1n) is 39.2. The first kappa shape index (κ1) is 93.1. The predicted molar refractivity (Wildman–Crippen MR) is 386 cm³/mol. The first-order valence-corrected chi connectivity index (χ1v) is 42.2. The van der Waals surface area contributed by atoms with Crippen molar-refractivity contribution in [1.29, 1.82) is 0 Å². The molecule has 95 heavy (non-hydrogen) atoms. The molecule has 0 amide bonds. The molecule has 0 aliphatic carbocycles. The van der Waals surface area contributed by atoms with Gasteiger partial charge in [-0.25, -0.2) is 9.13 Å². The molecule has 0 aromatic rings. The molecule has 0 saturated heterocycles. The van der Waals surface area contributed by atoms with Crippen molar-refractivity contribution in [2.24, 2.45) is 23.7 Å². The molecule has 0 heterocycles. The van der Waals surface area contributed by atoms with Crippen molar-refractivity contribution in [3.8, 4) is 0 Å². The summed E-state index contributed by atoms with van der Waals surface area (Å²) in [5.41, 5.74) is 0. The lowest BCUT2D eigenvalue weighted by atomic mass is 9.99. The molecular formula is C76H148O17P2. The lowest BCUT2D eigenvalue weighted by molar-refractivity contribution is -0.161. The average molecular weight is 1400 g/mol. The third-order valence-corrected chi connectivity index (χ3v) is 19.8. The number of aliphatic hydroxyl groups excluding tert-OH is 1. The Hall–Kier alpha value is -1.94. The Balaban J connectivity index is 5.24. The summed E-state index contributed by atoms with van der Waals surface area (Å²) < 4.78 is 68.5. The second-order valence-corrected chi connectivity index (χ2v) is 32.0. The van der Waals surface area contributed by atoms with Crippen LogP contribution < -0.4 is 0 Å². The van der Waals surface area contributed by atoms with E-state index in [2.05, 4.69) is 55.4 Å². The molecular weight excluding hydrogens is 1250 g/mol. The molecule has 3 N–H and O–H groups in total. The van der Waals surface area contributed by atoms with E-state index < -0.39 is 97.5 Å². The molecule has 0 aromatic carbocycles. The molecule has 17 nitrogen and oxygen atoms in total. The summed E-state index contributed by atoms with van der Waals surface area (Å²) in [6.45, 7) is 14.2. The van der Waals surface area contributed by atoms with Gasteiger partial charge >= 0.3 is 39.5 Å². The van der Waals surface area contributed by atoms with Crippen LogP contribution in [0.15, 0.2) is 0 Å². The number of esters is 4. The number of aliphatic hydroxyl groups is 1. The van der Waals surface area contributed by atoms with Crippen LogP contribution in [0.1, 0.15) is 383 Å². The summed E-state index contributed by atoms with van der Waals surface area (Å²) in [4.78, 5) is 72.8. The molecule has 4 unspecified atom stereocenters. The Bertz CT molecular complexity index is 1870. The smallest absolute Gasteiger partial charge is 0.462 e. The van der Waals surface area contributed by atoms with Crippen LogP contribution in [-0.4, -0.2) is 96.7 Å². The zero-order valence-electron chi connectivity index (χ0n) is 62.3. The Morgan fingerprint density at radius 2 is 0.505 bits per heavy atom. The normalized spacial score (nSPS) is 14.4. The number of unbranched alkanes of at least 4 members (excludes halogenated alkanes) is 38. The van der Waals surface area contributed by atoms with Crippen LogP contribution >= 0.6 is 15.6 Å². The van der Waals surface area contributed by atoms with Gasteiger partial charge in [0.05, 0.1) is 26.4 Å². The molecule has 564 valence electrons. The number of phosphoric ester groups is 2. The van der Waals surface area contributed by atoms with Crippen molar-refractivity contribution in [2.75, 3.05) is 39.6 Å². The Labute approximate surface area is 581 Å². The minimum Gasteiger partial charge on any atom is -0.462 e. The summed E-state index contributed by atoms with van der Waals surface area (Å²) in [5, 5.41) is 10.6. The van der Waals surface area contributed by atoms with Gasteiger partial charge in [0.2, 0.25) is 0 Å². The number of rotatable bonds is 73. The highest BCUT2D eigenvalue weighted by Crippen LogP contribution is 2.45. The van der Waals surface area contributed by atoms with Crippen molar-refractivity contribution in [2.45, 2.75) is 401 Å². The van der Waals surface area contributed by atoms with Crippen LogP contribution in [0.2, 0.25) is 0 Å². The third kappa shape index (κ3) is 69.0. The number of ether oxygens (including phenoxy) is 4. The molecule has 0 spiro atoms. The number of hydrogen-bond acceptors (Lipinski definition) is 15. The molecule has 6 atom stereocenters. The maximum atomic E-state index is 13.1. The van der Waals surface area contributed by atoms with Crippen LogP contribution in [-0.2, 0) is 65.4 Å². The molecule has 0 aliphatic heterocycles. The van der Waals surface area contributed by atoms with Crippen LogP contribution in [0, 0.1) is 23.7 Å². The number of carbonyl (C=O) groups excluding carboxylic acids is 4. The van der Waals surface area contributed by atoms with E-state index in [9.17, 15) is 43.2 Å². The van der Waals surface area contributed by atoms with Crippen molar-refractivity contribution in [3.63, 3.8) is 0 Å². The maximum absolute atomic E-state index is 13.1. The van der Waals surface area contributed by atoms with E-state index in [1.54, 1.807) is 0 Å². The van der Waals surface area contributed by atoms with Gasteiger partial charge in [0.15, 0.2) is 12.2 Å². The molecule has 0 aliphatic rings. The summed E-state index contributed by atoms with van der Waals surface area (Å²) in [6, 6.07) is 0. The lowest BCUT2D eigenvalue weighted by Crippen LogP contribution is -2.30. The zero-order chi connectivity index (χ0) is 70.3. The average Bonchev–Trinajstić information content (AvgIpc) is 1.45. The van der Waals surface area contributed by atoms with Crippen LogP contribution in [0.5, 0.6) is 0 Å². The summed E-state index contributed by atoms with van der Waals surface area (Å²) >= 11 is 0. The summed E-state index contributed by atoms with van der Waals surface area (Å²) in [7, 11) is -9.91. The van der Waals surface area contributed by atoms with E-state index in [-0.39, 0.29) is 25.7 Å². The maximum Gasteiger partial charge on any atom is 0.472 e. The number of carbonyl (C=O) groups is 4. The summed E-state index contributed by atoms with van der Waals surface area (Å²) in [6.07, 6.45) is 50.0. The van der Waals surface area contributed by atoms with Gasteiger partial charge < -0.3 is 33.8 Å². The monoisotopic (exact) mass is 1400 g/mol. The minimum absolute atomic E-state index is 0.104. The number of phosphoric acid groups is 2. The van der Waals surface area contributed by atoms with Crippen LogP contribution in [0.3, 0.4) is 0 Å². The second-order valence-electron chi connectivity index (χ2n) is 29.1. The van der Waals surface area contributed by atoms with Gasteiger partial charge in [0.25, 0.3) is 0 Å². The SMILES string of the molecule is CCC(C)CCCCCCCCCCC(=O)O[C@H](COC(=O)CCCCCCCCCC(C)C)COP(=O)(O)OCC(O)COP(=O)(O)OC[C@@H](COC(=O)CCCCCCCCCCCCCC(C)C)OC(=O)CCCCCCCCCCCCCCCCCCC(C)C. The minimum atomic E-state index is -4.96. The molecule has 0 saturated carbocycles. The largest absolute Gasteiger partial charge is 0.472 e. The Morgan fingerprint density at radius 1 is 0.295 bits per heavy atom. The van der Waals surface area contributed by atoms with Gasteiger partial charge in [-0.2, -0.15) is 0 Å². The van der Waals surface area contributed by atoms with Gasteiger partial charge in [0, 0.05) is 25.7 Å². The fraction of sp³-hybridized carbons (Fsp3) is 0.947. The Morgan fingerprint density at radius 3 is 0.747 bits per heavy atom. The third-order valence-electron chi connectivity index (χ3n) is 17.9. The van der Waals surface area contributed by atoms with Crippen molar-refractivity contribution >= 4 is 39.5 Å². The van der Waals surface area contributed by atoms with Gasteiger partial charge in [-0.05, 0) is 49.4 Å². The van der Waals surface area contributed by atoms with Crippen molar-refractivity contribution < 1.29 is 80.2 Å². The predicted octanol–water partition coefficient (Wildman–Crippen LogP) is 22.0. The van der Waals surface area contributed by atoms with Crippen molar-refractivity contribution in [3.05, 3.63) is 0 Å². The lowest BCUT2D eigenvalue weighted by Gasteiger charge is -2.21. The molecule has 0 radical (unpaired) electrons. The second kappa shape index (κ2) is 65.4. The summed E-state index contributed by atoms with van der Waals surface area (Å²) in [5.74, 6) is 0.932. The van der Waals surface area contributed by atoms with E-state index in [1.165, 1.54) is 180 Å². The molecule has 0 bridgehead atoms. The van der Waals surface area contributed by atoms with E-state index in [1.807, 2.05) is 0 Å². The van der Waals surface area contributed by atoms with Gasteiger partial charge in [-0.15, -0.1) is 0 Å². The van der Waals surface area contributed by atoms with Gasteiger partial charge in [-0.1, -0.05) is 331 Å². The quantitative estimate of drug-likeness (QED) is 0.0222. The first-order chi connectivity index (χ1) is 45.6. The van der Waals surface area contributed by atoms with Gasteiger partial charge in [-0.3, -0.25) is 37.3 Å². The number of hydrogen-bond donors (Lipinski definition) is 3. The standard InChI is InChI=1S/C76H148O17P2/c1-9-69(8)55-47-39-31-25-26-34-43-51-59-76(81)93-72(63-87-74(79)57-49-41-35-27-30-38-46-54-68(6)7)65-91-95(84,85)89-61-70(77)60-88-94(82,83)90-64-71(62-86-73(78)56-48-40-32-23-20-16-18-22-29-37-45-53-67(4)5)92-75(80)58-50-42-33-24-19-15-13-11-10-12-14-17-21-28-36-44-52-66(2)3/h66-72,77H,9-65H2,1-8H3,(H,82,83)(H,84,85)/t69?,70?,71-,72-/m1/s1. The van der Waals surface area contributed by atoms with E-state index >= 15 is 0 Å². The van der Waals surface area contributed by atoms with E-state index in [0.717, 1.165) is 114 Å². The molecule has 0 fully saturated rings. The fourth-order valence-electron chi connectivity index (χ4n) is 11.5. The van der Waals surface area contributed by atoms with E-state index in [4.69, 9.17) is 37.0 Å². The fourth-order valence-corrected chi connectivity index (χ4v) is 13.1. The molecule has 19 heteroatoms. The van der Waals surface area contributed by atoms with E-state index in [0.29, 0.717) is 31.6 Å². The van der Waals surface area contributed by atoms with Gasteiger partial charge in [0.1, 0.15) is 19.3 Å². The highest BCUT2D eigenvalue weighted by atomic mass is 31.2. The Kier molecular flexibility index (Phi) is 64.0. The highest BCUT2D eigenvalue weighted by Gasteiger charge is 2.30. The van der Waals surface area contributed by atoms with Crippen molar-refractivity contribution in [1.82, 2.24) is 0 Å². The zero-order valence-corrected chi connectivity index (χ0v) is 64.1. The highest BCUT2D eigenvalue weighted by molar-refractivity contribution is 7.47. The molecule has 0 rings (SSSR count). The van der Waals surface area contributed by atoms with Crippen LogP contribution in [0.25, 0.3) is 0 Å².